The van der Waals surface area contributed by atoms with E-state index >= 15 is 0 Å². The van der Waals surface area contributed by atoms with Gasteiger partial charge in [-0.25, -0.2) is 8.42 Å². The summed E-state index contributed by atoms with van der Waals surface area (Å²) in [6.07, 6.45) is 0. The smallest absolute Gasteiger partial charge is 0.255 e. The molecule has 1 aliphatic heterocycles. The Morgan fingerprint density at radius 2 is 1.53 bits per heavy atom. The van der Waals surface area contributed by atoms with Crippen LogP contribution in [0.15, 0.2) is 48.5 Å². The molecule has 0 aliphatic carbocycles. The summed E-state index contributed by atoms with van der Waals surface area (Å²) in [5.41, 5.74) is 2.02. The highest BCUT2D eigenvalue weighted by atomic mass is 32.2. The first-order chi connectivity index (χ1) is 16.0. The van der Waals surface area contributed by atoms with Crippen LogP contribution in [0.25, 0.3) is 0 Å². The number of nitrogens with one attached hydrogen (secondary N) is 2. The Labute approximate surface area is 202 Å². The number of sulfonamides is 1. The standard InChI is InChI=1S/C25H34N4O4S/c1-5-34(32,33)29-16-14-28(15-17-29)18-19-10-12-20(13-11-19)23(30)26-22-9-7-6-8-21(22)24(31)27-25(2,3)4/h6-13H,5,14-18H2,1-4H3,(H,26,30)(H,27,31). The lowest BCUT2D eigenvalue weighted by atomic mass is 10.1. The Balaban J connectivity index is 1.60. The minimum absolute atomic E-state index is 0.127. The third-order valence-electron chi connectivity index (χ3n) is 5.62. The van der Waals surface area contributed by atoms with E-state index in [1.807, 2.05) is 32.9 Å². The fraction of sp³-hybridized carbons (Fsp3) is 0.440. The Morgan fingerprint density at radius 1 is 0.912 bits per heavy atom. The van der Waals surface area contributed by atoms with Gasteiger partial charge < -0.3 is 10.6 Å². The van der Waals surface area contributed by atoms with Gasteiger partial charge in [-0.2, -0.15) is 4.31 Å². The SMILES string of the molecule is CCS(=O)(=O)N1CCN(Cc2ccc(C(=O)Nc3ccccc3C(=O)NC(C)(C)C)cc2)CC1. The summed E-state index contributed by atoms with van der Waals surface area (Å²) >= 11 is 0. The fourth-order valence-corrected chi connectivity index (χ4v) is 4.85. The number of hydrogen-bond donors (Lipinski definition) is 2. The van der Waals surface area contributed by atoms with Crippen LogP contribution < -0.4 is 10.6 Å². The highest BCUT2D eigenvalue weighted by molar-refractivity contribution is 7.89. The third kappa shape index (κ3) is 6.88. The molecule has 8 nitrogen and oxygen atoms in total. The van der Waals surface area contributed by atoms with Crippen LogP contribution in [0.4, 0.5) is 5.69 Å². The summed E-state index contributed by atoms with van der Waals surface area (Å²) in [6, 6.07) is 14.3. The van der Waals surface area contributed by atoms with Crippen LogP contribution in [0.3, 0.4) is 0 Å². The lowest BCUT2D eigenvalue weighted by Gasteiger charge is -2.33. The summed E-state index contributed by atoms with van der Waals surface area (Å²) in [5.74, 6) is -0.408. The van der Waals surface area contributed by atoms with Crippen molar-refractivity contribution < 1.29 is 18.0 Å². The maximum Gasteiger partial charge on any atom is 0.255 e. The molecule has 0 unspecified atom stereocenters. The van der Waals surface area contributed by atoms with Crippen LogP contribution in [0.1, 0.15) is 54.0 Å². The molecule has 0 atom stereocenters. The molecule has 2 aromatic rings. The topological polar surface area (TPSA) is 98.8 Å². The first-order valence-corrected chi connectivity index (χ1v) is 13.1. The zero-order valence-electron chi connectivity index (χ0n) is 20.3. The molecule has 184 valence electrons. The molecule has 0 spiro atoms. The van der Waals surface area contributed by atoms with Crippen LogP contribution in [0.5, 0.6) is 0 Å². The predicted octanol–water partition coefficient (Wildman–Crippen LogP) is 2.93. The van der Waals surface area contributed by atoms with E-state index in [-0.39, 0.29) is 23.1 Å². The van der Waals surface area contributed by atoms with Gasteiger partial charge in [-0.3, -0.25) is 14.5 Å². The van der Waals surface area contributed by atoms with E-state index in [0.717, 1.165) is 5.56 Å². The van der Waals surface area contributed by atoms with Crippen molar-refractivity contribution in [2.75, 3.05) is 37.2 Å². The summed E-state index contributed by atoms with van der Waals surface area (Å²) in [5, 5.41) is 5.76. The van der Waals surface area contributed by atoms with Gasteiger partial charge in [0.05, 0.1) is 17.0 Å². The molecular formula is C25H34N4O4S. The Kier molecular flexibility index (Phi) is 8.12. The number of piperazine rings is 1. The molecule has 9 heteroatoms. The monoisotopic (exact) mass is 486 g/mol. The first-order valence-electron chi connectivity index (χ1n) is 11.5. The Morgan fingerprint density at radius 3 is 2.12 bits per heavy atom. The normalized spacial score (nSPS) is 15.6. The van der Waals surface area contributed by atoms with Crippen molar-refractivity contribution in [2.24, 2.45) is 0 Å². The molecule has 3 rings (SSSR count). The molecule has 0 aromatic heterocycles. The van der Waals surface area contributed by atoms with Crippen molar-refractivity contribution in [3.05, 3.63) is 65.2 Å². The van der Waals surface area contributed by atoms with Gasteiger partial charge in [-0.05, 0) is 57.5 Å². The van der Waals surface area contributed by atoms with E-state index in [2.05, 4.69) is 15.5 Å². The van der Waals surface area contributed by atoms with Crippen molar-refractivity contribution >= 4 is 27.5 Å². The maximum atomic E-state index is 12.8. The number of anilines is 1. The molecule has 1 fully saturated rings. The molecule has 2 N–H and O–H groups in total. The van der Waals surface area contributed by atoms with E-state index in [0.29, 0.717) is 49.5 Å². The molecule has 0 radical (unpaired) electrons. The van der Waals surface area contributed by atoms with Gasteiger partial charge in [0.25, 0.3) is 11.8 Å². The lowest BCUT2D eigenvalue weighted by Crippen LogP contribution is -2.48. The Bertz CT molecular complexity index is 1120. The number of nitrogens with zero attached hydrogens (tertiary/aromatic N) is 2. The zero-order chi connectivity index (χ0) is 24.9. The van der Waals surface area contributed by atoms with Crippen LogP contribution in [-0.2, 0) is 16.6 Å². The molecule has 1 heterocycles. The molecule has 34 heavy (non-hydrogen) atoms. The number of rotatable bonds is 7. The predicted molar refractivity (Wildman–Crippen MR) is 134 cm³/mol. The van der Waals surface area contributed by atoms with Crippen LogP contribution in [0.2, 0.25) is 0 Å². The average Bonchev–Trinajstić information content (AvgIpc) is 2.79. The van der Waals surface area contributed by atoms with Gasteiger partial charge in [-0.15, -0.1) is 0 Å². The number of amides is 2. The second kappa shape index (κ2) is 10.7. The van der Waals surface area contributed by atoms with Crippen LogP contribution in [0, 0.1) is 0 Å². The van der Waals surface area contributed by atoms with E-state index in [1.54, 1.807) is 47.6 Å². The van der Waals surface area contributed by atoms with Crippen LogP contribution in [-0.4, -0.2) is 66.9 Å². The number of para-hydroxylation sites is 1. The van der Waals surface area contributed by atoms with Crippen molar-refractivity contribution in [2.45, 2.75) is 39.8 Å². The van der Waals surface area contributed by atoms with E-state index < -0.39 is 10.0 Å². The van der Waals surface area contributed by atoms with Gasteiger partial charge in [0.2, 0.25) is 10.0 Å². The van der Waals surface area contributed by atoms with Crippen molar-refractivity contribution in [1.82, 2.24) is 14.5 Å². The van der Waals surface area contributed by atoms with Crippen molar-refractivity contribution in [3.8, 4) is 0 Å². The molecule has 1 aliphatic rings. The number of carbonyl (C=O) groups is 2. The highest BCUT2D eigenvalue weighted by Crippen LogP contribution is 2.18. The van der Waals surface area contributed by atoms with Gasteiger partial charge in [0, 0.05) is 43.8 Å². The van der Waals surface area contributed by atoms with Gasteiger partial charge in [0.1, 0.15) is 0 Å². The fourth-order valence-electron chi connectivity index (χ4n) is 3.76. The molecule has 2 amide bonds. The van der Waals surface area contributed by atoms with Crippen LogP contribution >= 0.6 is 0 Å². The largest absolute Gasteiger partial charge is 0.347 e. The van der Waals surface area contributed by atoms with E-state index in [9.17, 15) is 18.0 Å². The summed E-state index contributed by atoms with van der Waals surface area (Å²) in [6.45, 7) is 10.4. The maximum absolute atomic E-state index is 12.8. The first kappa shape index (κ1) is 25.9. The minimum Gasteiger partial charge on any atom is -0.347 e. The van der Waals surface area contributed by atoms with E-state index in [4.69, 9.17) is 0 Å². The van der Waals surface area contributed by atoms with Gasteiger partial charge in [0.15, 0.2) is 0 Å². The van der Waals surface area contributed by atoms with Crippen molar-refractivity contribution in [3.63, 3.8) is 0 Å². The summed E-state index contributed by atoms with van der Waals surface area (Å²) < 4.78 is 25.6. The van der Waals surface area contributed by atoms with E-state index in [1.165, 1.54) is 0 Å². The lowest BCUT2D eigenvalue weighted by molar-refractivity contribution is 0.0920. The average molecular weight is 487 g/mol. The third-order valence-corrected chi connectivity index (χ3v) is 7.50. The Hall–Kier alpha value is -2.75. The second-order valence-electron chi connectivity index (χ2n) is 9.48. The second-order valence-corrected chi connectivity index (χ2v) is 11.7. The summed E-state index contributed by atoms with van der Waals surface area (Å²) in [7, 11) is -3.14. The van der Waals surface area contributed by atoms with Crippen molar-refractivity contribution in [1.29, 1.82) is 0 Å². The number of hydrogen-bond acceptors (Lipinski definition) is 5. The minimum atomic E-state index is -3.14. The molecular weight excluding hydrogens is 452 g/mol. The molecule has 0 bridgehead atoms. The van der Waals surface area contributed by atoms with Gasteiger partial charge in [-0.1, -0.05) is 24.3 Å². The van der Waals surface area contributed by atoms with Gasteiger partial charge >= 0.3 is 0 Å². The molecule has 1 saturated heterocycles. The zero-order valence-corrected chi connectivity index (χ0v) is 21.1. The molecule has 2 aromatic carbocycles. The quantitative estimate of drug-likeness (QED) is 0.627. The highest BCUT2D eigenvalue weighted by Gasteiger charge is 2.25. The number of benzene rings is 2. The molecule has 0 saturated carbocycles. The summed E-state index contributed by atoms with van der Waals surface area (Å²) in [4.78, 5) is 27.6. The number of carbonyl (C=O) groups excluding carboxylic acids is 2.